The smallest absolute Gasteiger partial charge is 0.148 e. The lowest BCUT2D eigenvalue weighted by molar-refractivity contribution is 0.0187. The molecule has 4 heterocycles. The first-order chi connectivity index (χ1) is 17.0. The van der Waals surface area contributed by atoms with E-state index in [0.717, 1.165) is 42.7 Å². The fourth-order valence-electron chi connectivity index (χ4n) is 6.33. The van der Waals surface area contributed by atoms with Gasteiger partial charge in [-0.2, -0.15) is 0 Å². The molecule has 5 rings (SSSR count). The first-order valence-electron chi connectivity index (χ1n) is 13.5. The Morgan fingerprint density at radius 2 is 1.77 bits per heavy atom. The summed E-state index contributed by atoms with van der Waals surface area (Å²) in [5, 5.41) is 11.0. The molecule has 3 fully saturated rings. The third kappa shape index (κ3) is 5.69. The van der Waals surface area contributed by atoms with Crippen LogP contribution in [0.5, 0.6) is 0 Å². The predicted molar refractivity (Wildman–Crippen MR) is 145 cm³/mol. The molecule has 1 aromatic carbocycles. The van der Waals surface area contributed by atoms with Crippen molar-refractivity contribution in [2.45, 2.75) is 44.3 Å². The maximum absolute atomic E-state index is 14.9. The number of rotatable bonds is 7. The topological polar surface area (TPSA) is 55.0 Å². The average molecular weight is 507 g/mol. The first-order valence-corrected chi connectivity index (χ1v) is 14.5. The van der Waals surface area contributed by atoms with Gasteiger partial charge in [0.2, 0.25) is 0 Å². The van der Waals surface area contributed by atoms with Crippen LogP contribution in [-0.4, -0.2) is 99.2 Å². The minimum absolute atomic E-state index is 0.0637. The summed E-state index contributed by atoms with van der Waals surface area (Å²) in [7, 11) is 2.24. The van der Waals surface area contributed by atoms with E-state index in [4.69, 9.17) is 4.74 Å². The van der Waals surface area contributed by atoms with Crippen molar-refractivity contribution < 1.29 is 9.13 Å². The number of anilines is 3. The Balaban J connectivity index is 1.19. The summed E-state index contributed by atoms with van der Waals surface area (Å²) in [6, 6.07) is 4.74. The second kappa shape index (κ2) is 11.4. The average Bonchev–Trinajstić information content (AvgIpc) is 3.26. The van der Waals surface area contributed by atoms with Crippen molar-refractivity contribution in [1.29, 1.82) is 0 Å². The van der Waals surface area contributed by atoms with Gasteiger partial charge in [0.05, 0.1) is 30.3 Å². The van der Waals surface area contributed by atoms with E-state index in [1.54, 1.807) is 6.07 Å². The Labute approximate surface area is 214 Å². The quantitative estimate of drug-likeness (QED) is 0.522. The van der Waals surface area contributed by atoms with E-state index >= 15 is 0 Å². The largest absolute Gasteiger partial charge is 0.378 e. The molecule has 0 aromatic heterocycles. The van der Waals surface area contributed by atoms with Crippen LogP contribution < -0.4 is 20.9 Å². The van der Waals surface area contributed by atoms with Gasteiger partial charge < -0.3 is 30.5 Å². The lowest BCUT2D eigenvalue weighted by atomic mass is 9.78. The van der Waals surface area contributed by atoms with Crippen LogP contribution in [0.4, 0.5) is 21.5 Å². The number of morpholine rings is 1. The normalized spacial score (nSPS) is 32.2. The highest BCUT2D eigenvalue weighted by molar-refractivity contribution is 8.00. The molecule has 0 radical (unpaired) electrons. The number of halogens is 1. The Morgan fingerprint density at radius 3 is 2.49 bits per heavy atom. The summed E-state index contributed by atoms with van der Waals surface area (Å²) >= 11 is 1.89. The van der Waals surface area contributed by atoms with Gasteiger partial charge in [-0.1, -0.05) is 20.3 Å². The van der Waals surface area contributed by atoms with Gasteiger partial charge in [-0.3, -0.25) is 4.90 Å². The van der Waals surface area contributed by atoms with Crippen molar-refractivity contribution >= 4 is 28.8 Å². The maximum atomic E-state index is 14.9. The highest BCUT2D eigenvalue weighted by Crippen LogP contribution is 2.39. The molecule has 5 unspecified atom stereocenters. The summed E-state index contributed by atoms with van der Waals surface area (Å²) in [5.74, 6) is 2.20. The SMILES string of the molecule is CCCC1CNC(CSC2Nc3cc(F)c(N4CCOCC4)cc3N2)C(C)C1N1CCN(C)CC1. The van der Waals surface area contributed by atoms with Gasteiger partial charge in [0.25, 0.3) is 0 Å². The molecule has 9 heteroatoms. The lowest BCUT2D eigenvalue weighted by Crippen LogP contribution is -2.62. The van der Waals surface area contributed by atoms with Crippen molar-refractivity contribution in [2.75, 3.05) is 87.4 Å². The van der Waals surface area contributed by atoms with Gasteiger partial charge in [0.1, 0.15) is 11.3 Å². The number of thioether (sulfide) groups is 1. The molecule has 0 amide bonds. The second-order valence-electron chi connectivity index (χ2n) is 10.7. The molecular weight excluding hydrogens is 463 g/mol. The summed E-state index contributed by atoms with van der Waals surface area (Å²) in [5.41, 5.74) is 2.59. The van der Waals surface area contributed by atoms with Crippen LogP contribution in [0.25, 0.3) is 0 Å². The van der Waals surface area contributed by atoms with Gasteiger partial charge >= 0.3 is 0 Å². The van der Waals surface area contributed by atoms with Crippen molar-refractivity contribution in [3.63, 3.8) is 0 Å². The van der Waals surface area contributed by atoms with E-state index < -0.39 is 0 Å². The number of ether oxygens (including phenoxy) is 1. The van der Waals surface area contributed by atoms with Gasteiger partial charge in [-0.25, -0.2) is 4.39 Å². The van der Waals surface area contributed by atoms with E-state index in [-0.39, 0.29) is 11.3 Å². The first kappa shape index (κ1) is 25.4. The minimum atomic E-state index is -0.162. The fourth-order valence-corrected chi connectivity index (χ4v) is 7.57. The summed E-state index contributed by atoms with van der Waals surface area (Å²) in [6.07, 6.45) is 2.55. The standard InChI is InChI=1S/C26H43FN6OS/c1-4-5-19-16-28-23(18(2)25(19)33-8-6-31(3)7-9-33)17-35-26-29-21-14-20(27)24(15-22(21)30-26)32-10-12-34-13-11-32/h14-15,18-19,23,25-26,28-30H,4-13,16-17H2,1-3H3. The van der Waals surface area contributed by atoms with E-state index in [1.807, 2.05) is 17.8 Å². The molecule has 4 aliphatic rings. The molecule has 5 atom stereocenters. The number of likely N-dealkylation sites (N-methyl/N-ethyl adjacent to an activating group) is 1. The van der Waals surface area contributed by atoms with Crippen molar-refractivity contribution in [2.24, 2.45) is 11.8 Å². The van der Waals surface area contributed by atoms with Crippen LogP contribution in [0.2, 0.25) is 0 Å². The zero-order valence-corrected chi connectivity index (χ0v) is 22.4. The molecule has 0 spiro atoms. The van der Waals surface area contributed by atoms with Gasteiger partial charge in [0, 0.05) is 63.2 Å². The van der Waals surface area contributed by atoms with E-state index in [9.17, 15) is 4.39 Å². The third-order valence-electron chi connectivity index (χ3n) is 8.37. The number of piperazine rings is 1. The molecule has 0 saturated carbocycles. The Kier molecular flexibility index (Phi) is 8.29. The van der Waals surface area contributed by atoms with Crippen molar-refractivity contribution in [1.82, 2.24) is 15.1 Å². The van der Waals surface area contributed by atoms with Crippen LogP contribution in [0.15, 0.2) is 12.1 Å². The van der Waals surface area contributed by atoms with Crippen molar-refractivity contribution in [3.05, 3.63) is 17.9 Å². The third-order valence-corrected chi connectivity index (χ3v) is 9.49. The number of piperidine rings is 1. The van der Waals surface area contributed by atoms with Crippen LogP contribution >= 0.6 is 11.8 Å². The van der Waals surface area contributed by atoms with E-state index in [1.165, 1.54) is 39.0 Å². The number of fused-ring (bicyclic) bond motifs is 1. The van der Waals surface area contributed by atoms with E-state index in [0.29, 0.717) is 36.9 Å². The van der Waals surface area contributed by atoms with Crippen LogP contribution in [0, 0.1) is 17.7 Å². The molecule has 3 N–H and O–H groups in total. The molecule has 35 heavy (non-hydrogen) atoms. The zero-order valence-electron chi connectivity index (χ0n) is 21.6. The van der Waals surface area contributed by atoms with Crippen LogP contribution in [0.3, 0.4) is 0 Å². The van der Waals surface area contributed by atoms with Crippen LogP contribution in [-0.2, 0) is 4.74 Å². The predicted octanol–water partition coefficient (Wildman–Crippen LogP) is 3.16. The van der Waals surface area contributed by atoms with Gasteiger partial charge in [0.15, 0.2) is 0 Å². The van der Waals surface area contributed by atoms with Gasteiger partial charge in [-0.15, -0.1) is 11.8 Å². The molecule has 0 bridgehead atoms. The van der Waals surface area contributed by atoms with Gasteiger partial charge in [-0.05, 0) is 37.9 Å². The molecule has 7 nitrogen and oxygen atoms in total. The number of nitrogens with one attached hydrogen (secondary N) is 3. The zero-order chi connectivity index (χ0) is 24.4. The number of benzene rings is 1. The van der Waals surface area contributed by atoms with Crippen LogP contribution in [0.1, 0.15) is 26.7 Å². The lowest BCUT2D eigenvalue weighted by Gasteiger charge is -2.50. The molecule has 0 aliphatic carbocycles. The molecular formula is C26H43FN6OS. The monoisotopic (exact) mass is 506 g/mol. The number of hydrogen-bond acceptors (Lipinski definition) is 8. The molecule has 196 valence electrons. The second-order valence-corrected chi connectivity index (χ2v) is 11.8. The fraction of sp³-hybridized carbons (Fsp3) is 0.769. The highest BCUT2D eigenvalue weighted by atomic mass is 32.2. The Hall–Kier alpha value is -1.26. The summed E-state index contributed by atoms with van der Waals surface area (Å²) in [4.78, 5) is 7.31. The summed E-state index contributed by atoms with van der Waals surface area (Å²) in [6.45, 7) is 13.4. The Morgan fingerprint density at radius 1 is 1.06 bits per heavy atom. The highest BCUT2D eigenvalue weighted by Gasteiger charge is 2.40. The molecule has 1 aromatic rings. The molecule has 3 saturated heterocycles. The number of nitrogens with zero attached hydrogens (tertiary/aromatic N) is 3. The molecule has 4 aliphatic heterocycles. The summed E-state index contributed by atoms with van der Waals surface area (Å²) < 4.78 is 20.3. The minimum Gasteiger partial charge on any atom is -0.378 e. The maximum Gasteiger partial charge on any atom is 0.148 e. The Bertz CT molecular complexity index is 847. The number of hydrogen-bond donors (Lipinski definition) is 3. The van der Waals surface area contributed by atoms with E-state index in [2.05, 4.69) is 51.5 Å². The van der Waals surface area contributed by atoms with Crippen molar-refractivity contribution in [3.8, 4) is 0 Å².